The third kappa shape index (κ3) is 5.36. The summed E-state index contributed by atoms with van der Waals surface area (Å²) in [7, 11) is 0. The van der Waals surface area contributed by atoms with Crippen LogP contribution in [0.4, 0.5) is 0 Å². The van der Waals surface area contributed by atoms with E-state index in [1.807, 2.05) is 6.07 Å². The van der Waals surface area contributed by atoms with Crippen molar-refractivity contribution in [3.63, 3.8) is 0 Å². The predicted molar refractivity (Wildman–Crippen MR) is 116 cm³/mol. The molecule has 1 amide bonds. The molecule has 154 valence electrons. The highest BCUT2D eigenvalue weighted by Crippen LogP contribution is 2.26. The number of fused-ring (bicyclic) bond motifs is 1. The van der Waals surface area contributed by atoms with E-state index in [0.717, 1.165) is 30.7 Å². The zero-order chi connectivity index (χ0) is 19.8. The van der Waals surface area contributed by atoms with Gasteiger partial charge >= 0.3 is 0 Å². The van der Waals surface area contributed by atoms with Crippen LogP contribution in [0.25, 0.3) is 11.0 Å². The molecule has 1 aliphatic carbocycles. The number of amides is 1. The van der Waals surface area contributed by atoms with Crippen LogP contribution in [-0.2, 0) is 11.3 Å². The Balaban J connectivity index is 1.67. The van der Waals surface area contributed by atoms with Crippen molar-refractivity contribution in [2.24, 2.45) is 5.92 Å². The van der Waals surface area contributed by atoms with E-state index in [0.29, 0.717) is 0 Å². The Morgan fingerprint density at radius 1 is 1.11 bits per heavy atom. The molecule has 1 heterocycles. The van der Waals surface area contributed by atoms with Crippen molar-refractivity contribution in [2.75, 3.05) is 0 Å². The first-order valence-electron chi connectivity index (χ1n) is 11.5. The number of aromatic nitrogens is 2. The van der Waals surface area contributed by atoms with Gasteiger partial charge in [0.2, 0.25) is 5.91 Å². The van der Waals surface area contributed by atoms with E-state index >= 15 is 0 Å². The Morgan fingerprint density at radius 3 is 2.61 bits per heavy atom. The minimum absolute atomic E-state index is 0.0538. The summed E-state index contributed by atoms with van der Waals surface area (Å²) >= 11 is 0. The van der Waals surface area contributed by atoms with Crippen LogP contribution in [0.1, 0.15) is 96.3 Å². The number of carbonyl (C=O) groups is 1. The summed E-state index contributed by atoms with van der Waals surface area (Å²) in [6.45, 7) is 5.32. The van der Waals surface area contributed by atoms with Crippen LogP contribution in [0.15, 0.2) is 24.3 Å². The van der Waals surface area contributed by atoms with Crippen LogP contribution < -0.4 is 5.32 Å². The summed E-state index contributed by atoms with van der Waals surface area (Å²) in [5.41, 5.74) is 2.21. The second-order valence-electron chi connectivity index (χ2n) is 8.44. The van der Waals surface area contributed by atoms with Gasteiger partial charge in [0.05, 0.1) is 17.1 Å². The average molecular weight is 384 g/mol. The maximum absolute atomic E-state index is 12.7. The molecule has 0 aliphatic heterocycles. The average Bonchev–Trinajstić information content (AvgIpc) is 3.10. The molecule has 1 aromatic heterocycles. The van der Waals surface area contributed by atoms with Gasteiger partial charge in [0.25, 0.3) is 0 Å². The van der Waals surface area contributed by atoms with E-state index in [1.54, 1.807) is 0 Å². The maximum Gasteiger partial charge on any atom is 0.223 e. The SMILES string of the molecule is CCCCCCCCn1c(C(C)NC(=O)C2CCCCC2)nc2ccccc21. The highest BCUT2D eigenvalue weighted by atomic mass is 16.1. The Labute approximate surface area is 170 Å². The summed E-state index contributed by atoms with van der Waals surface area (Å²) < 4.78 is 2.33. The minimum atomic E-state index is -0.0538. The van der Waals surface area contributed by atoms with E-state index in [2.05, 4.69) is 41.9 Å². The van der Waals surface area contributed by atoms with Gasteiger partial charge < -0.3 is 9.88 Å². The van der Waals surface area contributed by atoms with Crippen molar-refractivity contribution < 1.29 is 4.79 Å². The minimum Gasteiger partial charge on any atom is -0.346 e. The van der Waals surface area contributed by atoms with Crippen LogP contribution in [0.2, 0.25) is 0 Å². The molecule has 2 aromatic rings. The van der Waals surface area contributed by atoms with Crippen molar-refractivity contribution in [3.8, 4) is 0 Å². The molecule has 0 spiro atoms. The number of hydrogen-bond acceptors (Lipinski definition) is 2. The third-order valence-corrected chi connectivity index (χ3v) is 6.14. The molecule has 1 N–H and O–H groups in total. The van der Waals surface area contributed by atoms with E-state index < -0.39 is 0 Å². The molecule has 1 aliphatic rings. The molecular formula is C24H37N3O. The van der Waals surface area contributed by atoms with Crippen LogP contribution in [0, 0.1) is 5.92 Å². The Kier molecular flexibility index (Phi) is 7.93. The molecule has 0 saturated heterocycles. The van der Waals surface area contributed by atoms with E-state index in [-0.39, 0.29) is 17.9 Å². The zero-order valence-corrected chi connectivity index (χ0v) is 17.8. The molecule has 1 fully saturated rings. The first kappa shape index (κ1) is 20.9. The number of para-hydroxylation sites is 2. The van der Waals surface area contributed by atoms with E-state index in [4.69, 9.17) is 4.98 Å². The number of rotatable bonds is 10. The van der Waals surface area contributed by atoms with Crippen LogP contribution in [0.3, 0.4) is 0 Å². The Hall–Kier alpha value is -1.84. The normalized spacial score (nSPS) is 16.4. The van der Waals surface area contributed by atoms with Crippen molar-refractivity contribution in [2.45, 2.75) is 97.1 Å². The number of aryl methyl sites for hydroxylation is 1. The third-order valence-electron chi connectivity index (χ3n) is 6.14. The number of unbranched alkanes of at least 4 members (excludes halogenated alkanes) is 5. The lowest BCUT2D eigenvalue weighted by Gasteiger charge is -2.23. The Bertz CT molecular complexity index is 745. The summed E-state index contributed by atoms with van der Waals surface area (Å²) in [4.78, 5) is 17.6. The first-order valence-corrected chi connectivity index (χ1v) is 11.5. The van der Waals surface area contributed by atoms with Crippen LogP contribution >= 0.6 is 0 Å². The molecule has 1 atom stereocenters. The van der Waals surface area contributed by atoms with Crippen molar-refractivity contribution in [1.29, 1.82) is 0 Å². The summed E-state index contributed by atoms with van der Waals surface area (Å²) in [5.74, 6) is 1.40. The van der Waals surface area contributed by atoms with Gasteiger partial charge in [-0.1, -0.05) is 70.4 Å². The van der Waals surface area contributed by atoms with Gasteiger partial charge in [-0.05, 0) is 38.3 Å². The molecule has 4 nitrogen and oxygen atoms in total. The molecule has 0 bridgehead atoms. The molecule has 3 rings (SSSR count). The second-order valence-corrected chi connectivity index (χ2v) is 8.44. The van der Waals surface area contributed by atoms with Gasteiger partial charge in [-0.15, -0.1) is 0 Å². The monoisotopic (exact) mass is 383 g/mol. The molecule has 1 unspecified atom stereocenters. The molecule has 0 radical (unpaired) electrons. The number of nitrogens with one attached hydrogen (secondary N) is 1. The second kappa shape index (κ2) is 10.6. The summed E-state index contributed by atoms with van der Waals surface area (Å²) in [5, 5.41) is 3.26. The predicted octanol–water partition coefficient (Wildman–Crippen LogP) is 6.15. The van der Waals surface area contributed by atoms with Gasteiger partial charge in [-0.25, -0.2) is 4.98 Å². The molecule has 1 saturated carbocycles. The van der Waals surface area contributed by atoms with Crippen LogP contribution in [0.5, 0.6) is 0 Å². The highest BCUT2D eigenvalue weighted by molar-refractivity contribution is 5.80. The highest BCUT2D eigenvalue weighted by Gasteiger charge is 2.24. The summed E-state index contributed by atoms with van der Waals surface area (Å²) in [6, 6.07) is 8.29. The van der Waals surface area contributed by atoms with Crippen molar-refractivity contribution in [3.05, 3.63) is 30.1 Å². The Morgan fingerprint density at radius 2 is 1.82 bits per heavy atom. The molecule has 1 aromatic carbocycles. The fourth-order valence-electron chi connectivity index (χ4n) is 4.47. The van der Waals surface area contributed by atoms with E-state index in [9.17, 15) is 4.79 Å². The number of hydrogen-bond donors (Lipinski definition) is 1. The van der Waals surface area contributed by atoms with Gasteiger partial charge in [-0.2, -0.15) is 0 Å². The van der Waals surface area contributed by atoms with Crippen LogP contribution in [-0.4, -0.2) is 15.5 Å². The number of imidazole rings is 1. The standard InChI is InChI=1S/C24H37N3O/c1-3-4-5-6-7-13-18-27-22-17-12-11-16-21(22)26-23(27)19(2)25-24(28)20-14-9-8-10-15-20/h11-12,16-17,19-20H,3-10,13-15,18H2,1-2H3,(H,25,28). The van der Waals surface area contributed by atoms with E-state index in [1.165, 1.54) is 63.3 Å². The summed E-state index contributed by atoms with van der Waals surface area (Å²) in [6.07, 6.45) is 13.4. The van der Waals surface area contributed by atoms with Gasteiger partial charge in [-0.3, -0.25) is 4.79 Å². The quantitative estimate of drug-likeness (QED) is 0.500. The van der Waals surface area contributed by atoms with Gasteiger partial charge in [0, 0.05) is 12.5 Å². The zero-order valence-electron chi connectivity index (χ0n) is 17.8. The lowest BCUT2D eigenvalue weighted by molar-refractivity contribution is -0.126. The first-order chi connectivity index (χ1) is 13.7. The smallest absolute Gasteiger partial charge is 0.223 e. The maximum atomic E-state index is 12.7. The number of benzene rings is 1. The van der Waals surface area contributed by atoms with Gasteiger partial charge in [0.15, 0.2) is 0 Å². The molecule has 28 heavy (non-hydrogen) atoms. The molecule has 4 heteroatoms. The number of nitrogens with zero attached hydrogens (tertiary/aromatic N) is 2. The fourth-order valence-corrected chi connectivity index (χ4v) is 4.47. The molecular weight excluding hydrogens is 346 g/mol. The van der Waals surface area contributed by atoms with Crippen molar-refractivity contribution >= 4 is 16.9 Å². The largest absolute Gasteiger partial charge is 0.346 e. The lowest BCUT2D eigenvalue weighted by Crippen LogP contribution is -2.35. The van der Waals surface area contributed by atoms with Crippen molar-refractivity contribution in [1.82, 2.24) is 14.9 Å². The topological polar surface area (TPSA) is 46.9 Å². The fraction of sp³-hybridized carbons (Fsp3) is 0.667. The lowest BCUT2D eigenvalue weighted by atomic mass is 9.88. The number of carbonyl (C=O) groups excluding carboxylic acids is 1. The van der Waals surface area contributed by atoms with Gasteiger partial charge in [0.1, 0.15) is 5.82 Å².